The number of halogens is 1. The summed E-state index contributed by atoms with van der Waals surface area (Å²) in [5.74, 6) is 0. The Kier molecular flexibility index (Phi) is 5.44. The van der Waals surface area contributed by atoms with Gasteiger partial charge in [0.15, 0.2) is 0 Å². The largest absolute Gasteiger partial charge is 0.394 e. The second-order valence-electron chi connectivity index (χ2n) is 3.83. The van der Waals surface area contributed by atoms with Crippen molar-refractivity contribution in [1.29, 1.82) is 0 Å². The van der Waals surface area contributed by atoms with E-state index < -0.39 is 0 Å². The molecule has 0 saturated heterocycles. The Morgan fingerprint density at radius 1 is 1.59 bits per heavy atom. The fourth-order valence-corrected chi connectivity index (χ4v) is 1.63. The molecule has 2 N–H and O–H groups in total. The summed E-state index contributed by atoms with van der Waals surface area (Å²) in [6.45, 7) is 4.45. The van der Waals surface area contributed by atoms with Gasteiger partial charge in [-0.1, -0.05) is 25.4 Å². The number of hydrogen-bond donors (Lipinski definition) is 2. The van der Waals surface area contributed by atoms with Crippen LogP contribution in [0.25, 0.3) is 0 Å². The molecule has 1 aromatic rings. The molecule has 0 bridgehead atoms. The molecule has 0 spiro atoms. The highest BCUT2D eigenvalue weighted by Gasteiger charge is 2.11. The fourth-order valence-electron chi connectivity index (χ4n) is 1.43. The average Bonchev–Trinajstić information content (AvgIpc) is 2.34. The van der Waals surface area contributed by atoms with Gasteiger partial charge in [0.2, 0.25) is 0 Å². The molecule has 0 saturated carbocycles. The van der Waals surface area contributed by atoms with Crippen molar-refractivity contribution in [2.75, 3.05) is 11.9 Å². The molecule has 0 radical (unpaired) electrons. The third-order valence-corrected chi connectivity index (χ3v) is 2.86. The van der Waals surface area contributed by atoms with Gasteiger partial charge in [-0.15, -0.1) is 0 Å². The molecule has 0 aliphatic rings. The second kappa shape index (κ2) is 6.61. The maximum atomic E-state index is 11.8. The highest BCUT2D eigenvalue weighted by Crippen LogP contribution is 2.17. The zero-order valence-electron chi connectivity index (χ0n) is 10.1. The molecule has 0 aliphatic heterocycles. The maximum Gasteiger partial charge on any atom is 0.287 e. The van der Waals surface area contributed by atoms with Gasteiger partial charge in [0.25, 0.3) is 5.56 Å². The summed E-state index contributed by atoms with van der Waals surface area (Å²) in [5.41, 5.74) is 0.177. The lowest BCUT2D eigenvalue weighted by Gasteiger charge is -2.16. The van der Waals surface area contributed by atoms with E-state index in [9.17, 15) is 4.79 Å². The zero-order chi connectivity index (χ0) is 12.8. The SMILES string of the molecule is CCCn1ncc(NC(CC)CO)c(Cl)c1=O. The predicted molar refractivity (Wildman–Crippen MR) is 68.6 cm³/mol. The summed E-state index contributed by atoms with van der Waals surface area (Å²) in [4.78, 5) is 11.8. The molecule has 1 rings (SSSR count). The van der Waals surface area contributed by atoms with Gasteiger partial charge in [-0.3, -0.25) is 4.79 Å². The molecule has 0 fully saturated rings. The monoisotopic (exact) mass is 259 g/mol. The molecular weight excluding hydrogens is 242 g/mol. The molecule has 0 aliphatic carbocycles. The third kappa shape index (κ3) is 3.44. The smallest absolute Gasteiger partial charge is 0.287 e. The second-order valence-corrected chi connectivity index (χ2v) is 4.21. The maximum absolute atomic E-state index is 11.8. The van der Waals surface area contributed by atoms with E-state index in [0.29, 0.717) is 12.2 Å². The van der Waals surface area contributed by atoms with Gasteiger partial charge in [-0.05, 0) is 12.8 Å². The van der Waals surface area contributed by atoms with Crippen molar-refractivity contribution in [3.05, 3.63) is 21.6 Å². The van der Waals surface area contributed by atoms with Crippen LogP contribution in [0, 0.1) is 0 Å². The minimum absolute atomic E-state index is 0.00905. The lowest BCUT2D eigenvalue weighted by Crippen LogP contribution is -2.28. The first-order valence-corrected chi connectivity index (χ1v) is 6.14. The van der Waals surface area contributed by atoms with E-state index in [0.717, 1.165) is 12.8 Å². The van der Waals surface area contributed by atoms with Gasteiger partial charge in [0.1, 0.15) is 5.02 Å². The van der Waals surface area contributed by atoms with Gasteiger partial charge in [-0.2, -0.15) is 5.10 Å². The molecule has 1 unspecified atom stereocenters. The summed E-state index contributed by atoms with van der Waals surface area (Å²) >= 11 is 5.97. The quantitative estimate of drug-likeness (QED) is 0.812. The van der Waals surface area contributed by atoms with Gasteiger partial charge >= 0.3 is 0 Å². The van der Waals surface area contributed by atoms with E-state index in [4.69, 9.17) is 16.7 Å². The van der Waals surface area contributed by atoms with Crippen LogP contribution >= 0.6 is 11.6 Å². The van der Waals surface area contributed by atoms with E-state index in [1.54, 1.807) is 0 Å². The van der Waals surface area contributed by atoms with Gasteiger partial charge in [0, 0.05) is 12.6 Å². The van der Waals surface area contributed by atoms with Gasteiger partial charge in [0.05, 0.1) is 18.5 Å². The molecular formula is C11H18ClN3O2. The molecule has 0 amide bonds. The van der Waals surface area contributed by atoms with Crippen molar-refractivity contribution in [2.45, 2.75) is 39.3 Å². The minimum Gasteiger partial charge on any atom is -0.394 e. The van der Waals surface area contributed by atoms with Crippen molar-refractivity contribution >= 4 is 17.3 Å². The Morgan fingerprint density at radius 3 is 2.82 bits per heavy atom. The molecule has 5 nitrogen and oxygen atoms in total. The van der Waals surface area contributed by atoms with Gasteiger partial charge < -0.3 is 10.4 Å². The van der Waals surface area contributed by atoms with E-state index in [1.165, 1.54) is 10.9 Å². The molecule has 96 valence electrons. The summed E-state index contributed by atoms with van der Waals surface area (Å²) in [7, 11) is 0. The Morgan fingerprint density at radius 2 is 2.29 bits per heavy atom. The van der Waals surface area contributed by atoms with Crippen LogP contribution in [-0.2, 0) is 6.54 Å². The van der Waals surface area contributed by atoms with Gasteiger partial charge in [-0.25, -0.2) is 4.68 Å². The molecule has 1 heterocycles. The van der Waals surface area contributed by atoms with Crippen LogP contribution < -0.4 is 10.9 Å². The summed E-state index contributed by atoms with van der Waals surface area (Å²) in [6, 6.07) is -0.115. The number of hydrogen-bond acceptors (Lipinski definition) is 4. The van der Waals surface area contributed by atoms with Crippen molar-refractivity contribution in [2.24, 2.45) is 0 Å². The van der Waals surface area contributed by atoms with Crippen molar-refractivity contribution in [3.63, 3.8) is 0 Å². The number of aryl methyl sites for hydroxylation is 1. The minimum atomic E-state index is -0.300. The topological polar surface area (TPSA) is 67.2 Å². The first-order chi connectivity index (χ1) is 8.13. The van der Waals surface area contributed by atoms with Crippen LogP contribution in [0.1, 0.15) is 26.7 Å². The van der Waals surface area contributed by atoms with E-state index in [2.05, 4.69) is 10.4 Å². The number of anilines is 1. The molecule has 6 heteroatoms. The first-order valence-electron chi connectivity index (χ1n) is 5.77. The summed E-state index contributed by atoms with van der Waals surface area (Å²) < 4.78 is 1.34. The highest BCUT2D eigenvalue weighted by molar-refractivity contribution is 6.32. The Balaban J connectivity index is 2.96. The third-order valence-electron chi connectivity index (χ3n) is 2.49. The Labute approximate surface area is 105 Å². The lowest BCUT2D eigenvalue weighted by atomic mass is 10.2. The van der Waals surface area contributed by atoms with Crippen LogP contribution in [0.4, 0.5) is 5.69 Å². The Bertz CT molecular complexity index is 416. The van der Waals surface area contributed by atoms with Crippen LogP contribution in [0.2, 0.25) is 5.02 Å². The predicted octanol–water partition coefficient (Wildman–Crippen LogP) is 1.49. The molecule has 1 atom stereocenters. The van der Waals surface area contributed by atoms with Crippen LogP contribution in [0.3, 0.4) is 0 Å². The standard InChI is InChI=1S/C11H18ClN3O2/c1-3-5-15-11(17)10(12)9(6-13-15)14-8(4-2)7-16/h6,8,14,16H,3-5,7H2,1-2H3. The summed E-state index contributed by atoms with van der Waals surface area (Å²) in [6.07, 6.45) is 3.09. The number of rotatable bonds is 6. The summed E-state index contributed by atoms with van der Waals surface area (Å²) in [5, 5.41) is 16.2. The number of aliphatic hydroxyl groups is 1. The first kappa shape index (κ1) is 14.0. The molecule has 1 aromatic heterocycles. The van der Waals surface area contributed by atoms with E-state index in [1.807, 2.05) is 13.8 Å². The lowest BCUT2D eigenvalue weighted by molar-refractivity contribution is 0.272. The van der Waals surface area contributed by atoms with Crippen molar-refractivity contribution in [1.82, 2.24) is 9.78 Å². The number of nitrogens with zero attached hydrogens (tertiary/aromatic N) is 2. The Hall–Kier alpha value is -1.07. The number of aromatic nitrogens is 2. The highest BCUT2D eigenvalue weighted by atomic mass is 35.5. The normalized spacial score (nSPS) is 12.5. The number of nitrogens with one attached hydrogen (secondary N) is 1. The zero-order valence-corrected chi connectivity index (χ0v) is 10.9. The van der Waals surface area contributed by atoms with Crippen LogP contribution in [-0.4, -0.2) is 27.5 Å². The average molecular weight is 260 g/mol. The van der Waals surface area contributed by atoms with Crippen molar-refractivity contribution < 1.29 is 5.11 Å². The van der Waals surface area contributed by atoms with E-state index in [-0.39, 0.29) is 23.2 Å². The van der Waals surface area contributed by atoms with E-state index >= 15 is 0 Å². The molecule has 17 heavy (non-hydrogen) atoms. The number of aliphatic hydroxyl groups excluding tert-OH is 1. The fraction of sp³-hybridized carbons (Fsp3) is 0.636. The van der Waals surface area contributed by atoms with Crippen LogP contribution in [0.15, 0.2) is 11.0 Å². The van der Waals surface area contributed by atoms with Crippen LogP contribution in [0.5, 0.6) is 0 Å². The van der Waals surface area contributed by atoms with Crippen molar-refractivity contribution in [3.8, 4) is 0 Å². The molecule has 0 aromatic carbocycles.